The lowest BCUT2D eigenvalue weighted by atomic mass is 10.1. The summed E-state index contributed by atoms with van der Waals surface area (Å²) in [4.78, 5) is 2.36. The maximum atomic E-state index is 5.61. The van der Waals surface area contributed by atoms with Crippen molar-refractivity contribution in [3.8, 4) is 21.9 Å². The molecule has 0 bridgehead atoms. The predicted molar refractivity (Wildman–Crippen MR) is 70.8 cm³/mol. The topological polar surface area (TPSA) is 44.5 Å². The number of hydrogen-bond donors (Lipinski definition) is 1. The van der Waals surface area contributed by atoms with Gasteiger partial charge in [-0.05, 0) is 35.9 Å². The highest BCUT2D eigenvalue weighted by molar-refractivity contribution is 7.15. The molecule has 17 heavy (non-hydrogen) atoms. The Bertz CT molecular complexity index is 508. The smallest absolute Gasteiger partial charge is 0.161 e. The molecule has 0 radical (unpaired) electrons. The van der Waals surface area contributed by atoms with E-state index >= 15 is 0 Å². The van der Waals surface area contributed by atoms with Crippen LogP contribution in [0.15, 0.2) is 30.3 Å². The van der Waals surface area contributed by atoms with Crippen molar-refractivity contribution < 1.29 is 9.47 Å². The van der Waals surface area contributed by atoms with Crippen LogP contribution in [0.4, 0.5) is 0 Å². The monoisotopic (exact) mass is 249 g/mol. The van der Waals surface area contributed by atoms with Gasteiger partial charge in [0.25, 0.3) is 0 Å². The van der Waals surface area contributed by atoms with Crippen molar-refractivity contribution in [1.29, 1.82) is 0 Å². The number of hydrogen-bond acceptors (Lipinski definition) is 4. The van der Waals surface area contributed by atoms with Crippen molar-refractivity contribution in [2.45, 2.75) is 6.54 Å². The second kappa shape index (κ2) is 5.21. The van der Waals surface area contributed by atoms with Crippen molar-refractivity contribution in [3.63, 3.8) is 0 Å². The van der Waals surface area contributed by atoms with Crippen LogP contribution in [-0.4, -0.2) is 14.2 Å². The molecule has 2 aromatic rings. The van der Waals surface area contributed by atoms with Gasteiger partial charge in [0.2, 0.25) is 0 Å². The molecule has 90 valence electrons. The van der Waals surface area contributed by atoms with Crippen LogP contribution in [0.25, 0.3) is 10.4 Å². The summed E-state index contributed by atoms with van der Waals surface area (Å²) in [5, 5.41) is 0. The Labute approximate surface area is 105 Å². The minimum Gasteiger partial charge on any atom is -0.493 e. The average Bonchev–Trinajstić information content (AvgIpc) is 2.86. The van der Waals surface area contributed by atoms with Crippen molar-refractivity contribution in [2.75, 3.05) is 14.2 Å². The highest BCUT2D eigenvalue weighted by atomic mass is 32.1. The van der Waals surface area contributed by atoms with Gasteiger partial charge in [0.1, 0.15) is 0 Å². The van der Waals surface area contributed by atoms with Crippen LogP contribution in [0.5, 0.6) is 11.5 Å². The van der Waals surface area contributed by atoms with Gasteiger partial charge >= 0.3 is 0 Å². The molecule has 1 heterocycles. The van der Waals surface area contributed by atoms with E-state index in [-0.39, 0.29) is 0 Å². The molecule has 0 saturated carbocycles. The van der Waals surface area contributed by atoms with Crippen LogP contribution in [0.1, 0.15) is 4.88 Å². The predicted octanol–water partition coefficient (Wildman–Crippen LogP) is 2.89. The van der Waals surface area contributed by atoms with Gasteiger partial charge in [0.05, 0.1) is 14.2 Å². The number of nitrogens with two attached hydrogens (primary N) is 1. The normalized spacial score (nSPS) is 10.3. The molecule has 4 heteroatoms. The lowest BCUT2D eigenvalue weighted by molar-refractivity contribution is 0.355. The Morgan fingerprint density at radius 2 is 1.82 bits per heavy atom. The van der Waals surface area contributed by atoms with Crippen molar-refractivity contribution in [3.05, 3.63) is 35.2 Å². The van der Waals surface area contributed by atoms with Crippen LogP contribution in [0.2, 0.25) is 0 Å². The van der Waals surface area contributed by atoms with E-state index in [1.165, 1.54) is 9.75 Å². The van der Waals surface area contributed by atoms with Crippen molar-refractivity contribution in [1.82, 2.24) is 0 Å². The fourth-order valence-corrected chi connectivity index (χ4v) is 2.52. The second-order valence-electron chi connectivity index (χ2n) is 3.54. The Morgan fingerprint density at radius 1 is 1.06 bits per heavy atom. The van der Waals surface area contributed by atoms with E-state index in [1.807, 2.05) is 18.2 Å². The number of methoxy groups -OCH3 is 2. The highest BCUT2D eigenvalue weighted by Gasteiger charge is 2.07. The Morgan fingerprint density at radius 3 is 2.41 bits per heavy atom. The summed E-state index contributed by atoms with van der Waals surface area (Å²) in [6.45, 7) is 0.581. The Kier molecular flexibility index (Phi) is 3.66. The fraction of sp³-hybridized carbons (Fsp3) is 0.231. The van der Waals surface area contributed by atoms with Crippen molar-refractivity contribution in [2.24, 2.45) is 5.73 Å². The zero-order valence-corrected chi connectivity index (χ0v) is 10.7. The summed E-state index contributed by atoms with van der Waals surface area (Å²) in [5.41, 5.74) is 6.73. The van der Waals surface area contributed by atoms with Gasteiger partial charge in [-0.2, -0.15) is 0 Å². The van der Waals surface area contributed by atoms with Crippen LogP contribution < -0.4 is 15.2 Å². The maximum Gasteiger partial charge on any atom is 0.161 e. The summed E-state index contributed by atoms with van der Waals surface area (Å²) in [7, 11) is 3.27. The van der Waals surface area contributed by atoms with Crippen LogP contribution in [0, 0.1) is 0 Å². The first-order chi connectivity index (χ1) is 8.28. The Balaban J connectivity index is 2.38. The zero-order chi connectivity index (χ0) is 12.3. The van der Waals surface area contributed by atoms with Crippen LogP contribution in [-0.2, 0) is 6.54 Å². The van der Waals surface area contributed by atoms with E-state index in [4.69, 9.17) is 15.2 Å². The number of benzene rings is 1. The average molecular weight is 249 g/mol. The standard InChI is InChI=1S/C13H15NO2S/c1-15-11-5-3-9(7-12(11)16-2)13-6-4-10(8-14)17-13/h3-7H,8,14H2,1-2H3. The molecule has 2 N–H and O–H groups in total. The molecule has 0 amide bonds. The minimum absolute atomic E-state index is 0.581. The van der Waals surface area contributed by atoms with Gasteiger partial charge in [-0.25, -0.2) is 0 Å². The molecule has 0 spiro atoms. The summed E-state index contributed by atoms with van der Waals surface area (Å²) in [6, 6.07) is 10.0. The largest absolute Gasteiger partial charge is 0.493 e. The summed E-state index contributed by atoms with van der Waals surface area (Å²) in [6.07, 6.45) is 0. The van der Waals surface area contributed by atoms with E-state index in [0.717, 1.165) is 17.1 Å². The summed E-state index contributed by atoms with van der Waals surface area (Å²) in [5.74, 6) is 1.49. The quantitative estimate of drug-likeness (QED) is 0.906. The molecule has 1 aromatic heterocycles. The molecule has 2 rings (SSSR count). The number of rotatable bonds is 4. The Hall–Kier alpha value is -1.52. The molecular weight excluding hydrogens is 234 g/mol. The van der Waals surface area contributed by atoms with E-state index < -0.39 is 0 Å². The third-order valence-corrected chi connectivity index (χ3v) is 3.69. The molecule has 0 atom stereocenters. The van der Waals surface area contributed by atoms with Gasteiger partial charge in [0.15, 0.2) is 11.5 Å². The summed E-state index contributed by atoms with van der Waals surface area (Å²) < 4.78 is 10.5. The molecule has 0 aliphatic heterocycles. The molecule has 0 aliphatic rings. The maximum absolute atomic E-state index is 5.61. The first kappa shape index (κ1) is 12.0. The third-order valence-electron chi connectivity index (χ3n) is 2.53. The number of thiophene rings is 1. The SMILES string of the molecule is COc1ccc(-c2ccc(CN)s2)cc1OC. The van der Waals surface area contributed by atoms with E-state index in [0.29, 0.717) is 6.54 Å². The third kappa shape index (κ3) is 2.43. The van der Waals surface area contributed by atoms with Crippen LogP contribution >= 0.6 is 11.3 Å². The van der Waals surface area contributed by atoms with Gasteiger partial charge in [-0.3, -0.25) is 0 Å². The molecular formula is C13H15NO2S. The molecule has 0 saturated heterocycles. The van der Waals surface area contributed by atoms with Gasteiger partial charge in [-0.15, -0.1) is 11.3 Å². The minimum atomic E-state index is 0.581. The first-order valence-corrected chi connectivity index (χ1v) is 6.11. The number of ether oxygens (including phenoxy) is 2. The zero-order valence-electron chi connectivity index (χ0n) is 9.90. The second-order valence-corrected chi connectivity index (χ2v) is 4.71. The van der Waals surface area contributed by atoms with E-state index in [1.54, 1.807) is 25.6 Å². The lowest BCUT2D eigenvalue weighted by Crippen LogP contribution is -1.91. The first-order valence-electron chi connectivity index (χ1n) is 5.29. The molecule has 0 aliphatic carbocycles. The fourth-order valence-electron chi connectivity index (χ4n) is 1.63. The molecule has 3 nitrogen and oxygen atoms in total. The molecule has 0 unspecified atom stereocenters. The highest BCUT2D eigenvalue weighted by Crippen LogP contribution is 2.35. The van der Waals surface area contributed by atoms with E-state index in [9.17, 15) is 0 Å². The van der Waals surface area contributed by atoms with Crippen molar-refractivity contribution >= 4 is 11.3 Å². The summed E-state index contributed by atoms with van der Waals surface area (Å²) >= 11 is 1.70. The molecule has 0 fully saturated rings. The van der Waals surface area contributed by atoms with Gasteiger partial charge in [0, 0.05) is 16.3 Å². The van der Waals surface area contributed by atoms with E-state index in [2.05, 4.69) is 12.1 Å². The van der Waals surface area contributed by atoms with Crippen LogP contribution in [0.3, 0.4) is 0 Å². The molecule has 1 aromatic carbocycles. The lowest BCUT2D eigenvalue weighted by Gasteiger charge is -2.08. The van der Waals surface area contributed by atoms with Gasteiger partial charge in [-0.1, -0.05) is 0 Å². The van der Waals surface area contributed by atoms with Gasteiger partial charge < -0.3 is 15.2 Å².